The number of ketones is 1. The molecule has 3 aliphatic heterocycles. The number of unbranched alkanes of at least 4 members (excludes halogenated alkanes) is 12. The molecule has 3 rings (SSSR count). The molecule has 0 bridgehead atoms. The normalized spacial score (nSPS) is 30.8. The van der Waals surface area contributed by atoms with Crippen molar-refractivity contribution < 1.29 is 98.7 Å². The average molecular weight is 984 g/mol. The number of esters is 1. The Morgan fingerprint density at radius 3 is 1.72 bits per heavy atom. The third kappa shape index (κ3) is 21.0. The number of hydrogen-bond donors (Lipinski definition) is 11. The summed E-state index contributed by atoms with van der Waals surface area (Å²) in [6.45, 7) is 4.34. The number of rotatable bonds is 35. The molecule has 3 aliphatic rings. The van der Waals surface area contributed by atoms with Gasteiger partial charge >= 0.3 is 11.9 Å². The largest absolute Gasteiger partial charge is 0.479 e. The van der Waals surface area contributed by atoms with Crippen molar-refractivity contribution in [3.63, 3.8) is 0 Å². The zero-order valence-electron chi connectivity index (χ0n) is 40.3. The number of hydroxylamine groups is 1. The lowest BCUT2D eigenvalue weighted by Crippen LogP contribution is -2.65. The summed E-state index contributed by atoms with van der Waals surface area (Å²) in [6.07, 6.45) is -4.63. The van der Waals surface area contributed by atoms with Crippen molar-refractivity contribution in [1.82, 2.24) is 5.48 Å². The van der Waals surface area contributed by atoms with Crippen LogP contribution in [-0.2, 0) is 47.5 Å². The molecule has 21 nitrogen and oxygen atoms in total. The molecule has 16 unspecified atom stereocenters. The highest BCUT2D eigenvalue weighted by Crippen LogP contribution is 2.31. The second-order valence-electron chi connectivity index (χ2n) is 19.2. The molecule has 0 aliphatic carbocycles. The van der Waals surface area contributed by atoms with Gasteiger partial charge in [-0.2, -0.15) is 5.48 Å². The maximum absolute atomic E-state index is 13.2. The van der Waals surface area contributed by atoms with Gasteiger partial charge in [0.25, 0.3) is 0 Å². The first kappa shape index (κ1) is 60.3. The van der Waals surface area contributed by atoms with Gasteiger partial charge in [0.15, 0.2) is 18.7 Å². The Balaban J connectivity index is 1.49. The zero-order valence-corrected chi connectivity index (χ0v) is 40.3. The maximum atomic E-state index is 13.2. The van der Waals surface area contributed by atoms with Crippen LogP contribution in [0.1, 0.15) is 156 Å². The summed E-state index contributed by atoms with van der Waals surface area (Å²) < 4.78 is 40.8. The Hall–Kier alpha value is -2.03. The molecule has 398 valence electrons. The predicted molar refractivity (Wildman–Crippen MR) is 241 cm³/mol. The molecular formula is C47H85NO20. The number of carbonyl (C=O) groups is 3. The van der Waals surface area contributed by atoms with Gasteiger partial charge in [0.05, 0.1) is 37.6 Å². The van der Waals surface area contributed by atoms with Crippen LogP contribution in [0.4, 0.5) is 0 Å². The Bertz CT molecular complexity index is 1400. The number of carboxylic acids is 1. The van der Waals surface area contributed by atoms with Crippen LogP contribution < -0.4 is 5.48 Å². The van der Waals surface area contributed by atoms with Crippen LogP contribution in [0.5, 0.6) is 0 Å². The summed E-state index contributed by atoms with van der Waals surface area (Å²) in [5.41, 5.74) is 1.80. The number of hydrogen-bond acceptors (Lipinski definition) is 20. The standard InChI is InChI=1S/C47H85NO20/c1-4-5-19-29(20-18-23-31(50)30(49)21-16-14-12-10-8-6-7-9-11-13-15-17-22-32(51)44(59)60)65-46-42(38(55)33(52)25-63-46)68-47-43(39(56)34(53)26-64-47)67-45-41(58)40(57)37(48-61)35(66-45)27-62-36(54)24-28(2)3/h28-35,37-40,42-43,45-53,55-57,61H,4-27H2,1-3H3,(H,59,60). The summed E-state index contributed by atoms with van der Waals surface area (Å²) in [7, 11) is 0. The van der Waals surface area contributed by atoms with Gasteiger partial charge in [0, 0.05) is 6.42 Å². The van der Waals surface area contributed by atoms with E-state index in [9.17, 15) is 60.4 Å². The van der Waals surface area contributed by atoms with E-state index in [0.717, 1.165) is 89.9 Å². The molecule has 0 aromatic carbocycles. The number of nitrogens with one attached hydrogen (secondary N) is 1. The fourth-order valence-electron chi connectivity index (χ4n) is 8.57. The van der Waals surface area contributed by atoms with Gasteiger partial charge in [-0.1, -0.05) is 111 Å². The number of aliphatic hydroxyl groups excluding tert-OH is 8. The molecule has 3 saturated heterocycles. The second kappa shape index (κ2) is 32.8. The fourth-order valence-corrected chi connectivity index (χ4v) is 8.57. The van der Waals surface area contributed by atoms with Crippen molar-refractivity contribution in [3.05, 3.63) is 0 Å². The van der Waals surface area contributed by atoms with E-state index < -0.39 is 129 Å². The van der Waals surface area contributed by atoms with E-state index in [-0.39, 0.29) is 18.9 Å². The zero-order chi connectivity index (χ0) is 50.2. The molecule has 0 spiro atoms. The number of aliphatic hydroxyl groups is 8. The average Bonchev–Trinajstić information content (AvgIpc) is 3.30. The van der Waals surface area contributed by atoms with Crippen molar-refractivity contribution in [3.8, 4) is 0 Å². The van der Waals surface area contributed by atoms with Crippen LogP contribution in [-0.4, -0.2) is 187 Å². The highest BCUT2D eigenvalue weighted by Gasteiger charge is 2.52. The fraction of sp³-hybridized carbons (Fsp3) is 0.936. The van der Waals surface area contributed by atoms with E-state index in [1.165, 1.54) is 0 Å². The second-order valence-corrected chi connectivity index (χ2v) is 19.2. The Labute approximate surface area is 400 Å². The number of carbonyl (C=O) groups excluding carboxylic acids is 2. The molecule has 16 atom stereocenters. The van der Waals surface area contributed by atoms with Crippen molar-refractivity contribution in [2.75, 3.05) is 19.8 Å². The van der Waals surface area contributed by atoms with E-state index in [1.807, 2.05) is 6.92 Å². The number of carboxylic acid groups (broad SMARTS) is 1. The van der Waals surface area contributed by atoms with Crippen LogP contribution in [0.2, 0.25) is 0 Å². The minimum atomic E-state index is -1.95. The summed E-state index contributed by atoms with van der Waals surface area (Å²) in [4.78, 5) is 36.1. The van der Waals surface area contributed by atoms with Crippen molar-refractivity contribution >= 4 is 17.7 Å². The number of Topliss-reactive ketones (excluding diaryl/α,β-unsaturated/α-hetero) is 1. The van der Waals surface area contributed by atoms with E-state index >= 15 is 0 Å². The van der Waals surface area contributed by atoms with Gasteiger partial charge in [0.1, 0.15) is 55.4 Å². The summed E-state index contributed by atoms with van der Waals surface area (Å²) in [5.74, 6) is -2.87. The lowest BCUT2D eigenvalue weighted by molar-refractivity contribution is -0.364. The molecule has 21 heteroatoms. The molecule has 0 aromatic heterocycles. The molecule has 0 amide bonds. The van der Waals surface area contributed by atoms with Crippen molar-refractivity contribution in [2.24, 2.45) is 5.92 Å². The summed E-state index contributed by atoms with van der Waals surface area (Å²) in [5, 5.41) is 104. The highest BCUT2D eigenvalue weighted by molar-refractivity contribution is 5.87. The smallest absolute Gasteiger partial charge is 0.332 e. The summed E-state index contributed by atoms with van der Waals surface area (Å²) in [6, 6.07) is -1.43. The van der Waals surface area contributed by atoms with Gasteiger partial charge in [-0.25, -0.2) is 4.79 Å². The Morgan fingerprint density at radius 2 is 1.19 bits per heavy atom. The van der Waals surface area contributed by atoms with Crippen molar-refractivity contribution in [2.45, 2.75) is 254 Å². The highest BCUT2D eigenvalue weighted by atomic mass is 16.8. The van der Waals surface area contributed by atoms with Crippen LogP contribution in [0, 0.1) is 5.92 Å². The quantitative estimate of drug-likeness (QED) is 0.0245. The minimum Gasteiger partial charge on any atom is -0.479 e. The lowest BCUT2D eigenvalue weighted by Gasteiger charge is -2.45. The van der Waals surface area contributed by atoms with E-state index in [2.05, 4.69) is 0 Å². The monoisotopic (exact) mass is 984 g/mol. The maximum Gasteiger partial charge on any atom is 0.332 e. The molecule has 0 radical (unpaired) electrons. The number of aliphatic carboxylic acids is 1. The van der Waals surface area contributed by atoms with Crippen molar-refractivity contribution in [1.29, 1.82) is 0 Å². The van der Waals surface area contributed by atoms with Gasteiger partial charge in [-0.3, -0.25) is 9.59 Å². The van der Waals surface area contributed by atoms with Gasteiger partial charge in [-0.05, 0) is 44.4 Å². The van der Waals surface area contributed by atoms with Gasteiger partial charge in [-0.15, -0.1) is 0 Å². The van der Waals surface area contributed by atoms with E-state index in [0.29, 0.717) is 38.5 Å². The first-order chi connectivity index (χ1) is 32.5. The third-order valence-corrected chi connectivity index (χ3v) is 12.8. The minimum absolute atomic E-state index is 0.0290. The van der Waals surface area contributed by atoms with Crippen LogP contribution >= 0.6 is 0 Å². The lowest BCUT2D eigenvalue weighted by atomic mass is 9.98. The van der Waals surface area contributed by atoms with Crippen LogP contribution in [0.25, 0.3) is 0 Å². The van der Waals surface area contributed by atoms with E-state index in [4.69, 9.17) is 38.3 Å². The topological polar surface area (TPSA) is 330 Å². The SMILES string of the molecule is CCCCC(CCCC(O)C(O)CCCCCCCCCCCCCCC(O)C(=O)O)OC1OCC(O)C(O)C1OC1OCC(O)C(O)C1OC1OC(COC(=O)CC(C)C)C(NO)C(O)C1=O. The number of ether oxygens (including phenoxy) is 7. The molecule has 11 N–H and O–H groups in total. The summed E-state index contributed by atoms with van der Waals surface area (Å²) >= 11 is 0. The first-order valence-electron chi connectivity index (χ1n) is 25.1. The first-order valence-corrected chi connectivity index (χ1v) is 25.1. The molecular weight excluding hydrogens is 899 g/mol. The molecule has 0 saturated carbocycles. The van der Waals surface area contributed by atoms with Crippen LogP contribution in [0.3, 0.4) is 0 Å². The van der Waals surface area contributed by atoms with Gasteiger partial charge < -0.3 is 84.3 Å². The molecule has 0 aromatic rings. The Morgan fingerprint density at radius 1 is 0.691 bits per heavy atom. The molecule has 3 fully saturated rings. The predicted octanol–water partition coefficient (Wildman–Crippen LogP) is 1.88. The van der Waals surface area contributed by atoms with Gasteiger partial charge in [0.2, 0.25) is 12.1 Å². The molecule has 3 heterocycles. The van der Waals surface area contributed by atoms with E-state index in [1.54, 1.807) is 19.3 Å². The Kier molecular flexibility index (Phi) is 29.1. The third-order valence-electron chi connectivity index (χ3n) is 12.8. The van der Waals surface area contributed by atoms with Crippen LogP contribution in [0.15, 0.2) is 0 Å². The molecule has 68 heavy (non-hydrogen) atoms.